The van der Waals surface area contributed by atoms with Gasteiger partial charge in [-0.25, -0.2) is 0 Å². The summed E-state index contributed by atoms with van der Waals surface area (Å²) in [4.78, 5) is 10.2. The molecular weight excluding hydrogens is 196 g/mol. The first kappa shape index (κ1) is 9.21. The van der Waals surface area contributed by atoms with Crippen molar-refractivity contribution in [1.82, 2.24) is 0 Å². The van der Waals surface area contributed by atoms with E-state index in [-0.39, 0.29) is 18.0 Å². The van der Waals surface area contributed by atoms with Crippen LogP contribution >= 0.6 is 0 Å². The molecule has 0 amide bonds. The standard InChI is InChI=1S/C10H6N2O3/c11-6-7-4-5-15-10-8(7)2-1-3-9(10)12(13)14/h1-4H,5H2. The predicted molar refractivity (Wildman–Crippen MR) is 52.2 cm³/mol. The van der Waals surface area contributed by atoms with E-state index < -0.39 is 4.92 Å². The Kier molecular flexibility index (Phi) is 2.10. The van der Waals surface area contributed by atoms with Crippen LogP contribution in [-0.2, 0) is 0 Å². The van der Waals surface area contributed by atoms with Crippen LogP contribution in [0.4, 0.5) is 5.69 Å². The molecule has 1 aliphatic heterocycles. The van der Waals surface area contributed by atoms with E-state index in [1.165, 1.54) is 12.1 Å². The van der Waals surface area contributed by atoms with E-state index in [0.29, 0.717) is 11.1 Å². The predicted octanol–water partition coefficient (Wildman–Crippen LogP) is 1.89. The summed E-state index contributed by atoms with van der Waals surface area (Å²) in [5, 5.41) is 19.5. The lowest BCUT2D eigenvalue weighted by atomic mass is 10.0. The van der Waals surface area contributed by atoms with Gasteiger partial charge in [0.25, 0.3) is 0 Å². The molecule has 0 aliphatic carbocycles. The number of hydrogen-bond donors (Lipinski definition) is 0. The van der Waals surface area contributed by atoms with Gasteiger partial charge in [-0.1, -0.05) is 6.07 Å². The fourth-order valence-corrected chi connectivity index (χ4v) is 1.46. The monoisotopic (exact) mass is 202 g/mol. The molecule has 74 valence electrons. The van der Waals surface area contributed by atoms with Crippen LogP contribution in [0.1, 0.15) is 5.56 Å². The second-order valence-electron chi connectivity index (χ2n) is 2.95. The smallest absolute Gasteiger partial charge is 0.311 e. The van der Waals surface area contributed by atoms with Crippen LogP contribution in [0.5, 0.6) is 5.75 Å². The molecule has 1 aromatic carbocycles. The lowest BCUT2D eigenvalue weighted by molar-refractivity contribution is -0.385. The molecule has 2 rings (SSSR count). The fourth-order valence-electron chi connectivity index (χ4n) is 1.46. The van der Waals surface area contributed by atoms with Crippen molar-refractivity contribution in [2.45, 2.75) is 0 Å². The van der Waals surface area contributed by atoms with Gasteiger partial charge in [0.2, 0.25) is 5.75 Å². The Morgan fingerprint density at radius 3 is 3.00 bits per heavy atom. The molecule has 0 atom stereocenters. The molecule has 0 saturated carbocycles. The first-order valence-corrected chi connectivity index (χ1v) is 4.25. The number of nitro groups is 1. The zero-order valence-corrected chi connectivity index (χ0v) is 7.64. The molecular formula is C10H6N2O3. The SMILES string of the molecule is N#CC1=CCOc2c1cccc2[N+](=O)[O-]. The highest BCUT2D eigenvalue weighted by molar-refractivity contribution is 5.83. The zero-order chi connectivity index (χ0) is 10.8. The number of ether oxygens (including phenoxy) is 1. The van der Waals surface area contributed by atoms with Gasteiger partial charge >= 0.3 is 5.69 Å². The Labute approximate surface area is 85.4 Å². The van der Waals surface area contributed by atoms with E-state index >= 15 is 0 Å². The molecule has 0 saturated heterocycles. The number of hydrogen-bond acceptors (Lipinski definition) is 4. The minimum absolute atomic E-state index is 0.103. The first-order chi connectivity index (χ1) is 7.24. The Morgan fingerprint density at radius 1 is 1.53 bits per heavy atom. The van der Waals surface area contributed by atoms with E-state index in [9.17, 15) is 10.1 Å². The number of nitrogens with zero attached hydrogens (tertiary/aromatic N) is 2. The largest absolute Gasteiger partial charge is 0.482 e. The Morgan fingerprint density at radius 2 is 2.33 bits per heavy atom. The van der Waals surface area contributed by atoms with Crippen molar-refractivity contribution in [3.05, 3.63) is 40.0 Å². The molecule has 0 fully saturated rings. The van der Waals surface area contributed by atoms with Crippen LogP contribution in [0.15, 0.2) is 24.3 Å². The molecule has 0 unspecified atom stereocenters. The van der Waals surface area contributed by atoms with Crippen molar-refractivity contribution in [3.63, 3.8) is 0 Å². The quantitative estimate of drug-likeness (QED) is 0.514. The average Bonchev–Trinajstić information content (AvgIpc) is 2.27. The summed E-state index contributed by atoms with van der Waals surface area (Å²) in [6.07, 6.45) is 1.60. The van der Waals surface area contributed by atoms with Gasteiger partial charge in [-0.2, -0.15) is 5.26 Å². The van der Waals surface area contributed by atoms with Gasteiger partial charge in [-0.15, -0.1) is 0 Å². The number of nitriles is 1. The van der Waals surface area contributed by atoms with Crippen LogP contribution in [0.3, 0.4) is 0 Å². The Hall–Kier alpha value is -2.35. The minimum Gasteiger partial charge on any atom is -0.482 e. The maximum atomic E-state index is 10.7. The van der Waals surface area contributed by atoms with Gasteiger partial charge in [-0.05, 0) is 12.1 Å². The van der Waals surface area contributed by atoms with Crippen LogP contribution in [0.2, 0.25) is 0 Å². The first-order valence-electron chi connectivity index (χ1n) is 4.25. The highest BCUT2D eigenvalue weighted by Crippen LogP contribution is 2.37. The van der Waals surface area contributed by atoms with E-state index in [2.05, 4.69) is 0 Å². The van der Waals surface area contributed by atoms with Crippen molar-refractivity contribution in [3.8, 4) is 11.8 Å². The third kappa shape index (κ3) is 1.42. The summed E-state index contributed by atoms with van der Waals surface area (Å²) in [5.74, 6) is 0.182. The molecule has 5 nitrogen and oxygen atoms in total. The topological polar surface area (TPSA) is 76.2 Å². The molecule has 1 aromatic rings. The highest BCUT2D eigenvalue weighted by Gasteiger charge is 2.23. The van der Waals surface area contributed by atoms with Crippen molar-refractivity contribution >= 4 is 11.3 Å². The van der Waals surface area contributed by atoms with E-state index in [1.807, 2.05) is 6.07 Å². The maximum Gasteiger partial charge on any atom is 0.311 e. The van der Waals surface area contributed by atoms with Crippen molar-refractivity contribution < 1.29 is 9.66 Å². The van der Waals surface area contributed by atoms with Crippen LogP contribution < -0.4 is 4.74 Å². The summed E-state index contributed by atoms with van der Waals surface area (Å²) in [7, 11) is 0. The number of fused-ring (bicyclic) bond motifs is 1. The molecule has 0 aromatic heterocycles. The second kappa shape index (κ2) is 3.42. The minimum atomic E-state index is -0.515. The fraction of sp³-hybridized carbons (Fsp3) is 0.100. The Balaban J connectivity index is 2.64. The van der Waals surface area contributed by atoms with Gasteiger partial charge in [0.05, 0.1) is 16.6 Å². The molecule has 0 radical (unpaired) electrons. The van der Waals surface area contributed by atoms with Gasteiger partial charge in [0.15, 0.2) is 0 Å². The Bertz CT molecular complexity index is 500. The van der Waals surface area contributed by atoms with Crippen LogP contribution in [0, 0.1) is 21.4 Å². The average molecular weight is 202 g/mol. The van der Waals surface area contributed by atoms with Crippen molar-refractivity contribution in [2.24, 2.45) is 0 Å². The maximum absolute atomic E-state index is 10.7. The summed E-state index contributed by atoms with van der Waals surface area (Å²) < 4.78 is 5.18. The van der Waals surface area contributed by atoms with Crippen LogP contribution in [0.25, 0.3) is 5.57 Å². The number of allylic oxidation sites excluding steroid dienone is 1. The van der Waals surface area contributed by atoms with Crippen LogP contribution in [-0.4, -0.2) is 11.5 Å². The molecule has 0 bridgehead atoms. The molecule has 1 aliphatic rings. The number of nitro benzene ring substituents is 1. The van der Waals surface area contributed by atoms with E-state index in [1.54, 1.807) is 12.1 Å². The molecule has 1 heterocycles. The van der Waals surface area contributed by atoms with E-state index in [0.717, 1.165) is 0 Å². The van der Waals surface area contributed by atoms with Gasteiger partial charge in [0.1, 0.15) is 6.61 Å². The van der Waals surface area contributed by atoms with Crippen molar-refractivity contribution in [2.75, 3.05) is 6.61 Å². The van der Waals surface area contributed by atoms with Gasteiger partial charge in [0, 0.05) is 11.6 Å². The lowest BCUT2D eigenvalue weighted by Crippen LogP contribution is -2.06. The summed E-state index contributed by atoms with van der Waals surface area (Å²) in [5.41, 5.74) is 0.797. The van der Waals surface area contributed by atoms with Gasteiger partial charge in [-0.3, -0.25) is 10.1 Å². The van der Waals surface area contributed by atoms with Crippen molar-refractivity contribution in [1.29, 1.82) is 5.26 Å². The number of para-hydroxylation sites is 1. The molecule has 5 heteroatoms. The molecule has 0 spiro atoms. The third-order valence-electron chi connectivity index (χ3n) is 2.12. The molecule has 15 heavy (non-hydrogen) atoms. The number of rotatable bonds is 1. The van der Waals surface area contributed by atoms with Gasteiger partial charge < -0.3 is 4.74 Å². The normalized spacial score (nSPS) is 13.1. The zero-order valence-electron chi connectivity index (χ0n) is 7.64. The highest BCUT2D eigenvalue weighted by atomic mass is 16.6. The van der Waals surface area contributed by atoms with E-state index in [4.69, 9.17) is 10.00 Å². The summed E-state index contributed by atoms with van der Waals surface area (Å²) in [6.45, 7) is 0.195. The summed E-state index contributed by atoms with van der Waals surface area (Å²) in [6, 6.07) is 6.52. The summed E-state index contributed by atoms with van der Waals surface area (Å²) >= 11 is 0. The molecule has 0 N–H and O–H groups in total. The third-order valence-corrected chi connectivity index (χ3v) is 2.12. The second-order valence-corrected chi connectivity index (χ2v) is 2.95. The number of benzene rings is 1. The lowest BCUT2D eigenvalue weighted by Gasteiger charge is -2.13.